The Balaban J connectivity index is 4.12. The molecule has 2 atom stereocenters. The standard InChI is InChI=1S/C46H80NO7P/c1-3-5-7-9-11-13-15-17-18-19-20-21-22-23-24-25-26-27-29-31-33-35-37-39-46(48)54-45(44-53-55(49,50)52-42-40-47)43-51-41-38-36-34-32-30-28-16-14-12-10-8-6-4-2/h5,7,11-14,17-18,20-21,23-24,26-27,45H,3-4,6,8-10,15-16,19,22,25,28-44,47H2,1-2H3,(H,49,50)/b7-5-,13-11-,14-12-,18-17-,21-20-,24-23-,27-26-. The number of rotatable bonds is 40. The summed E-state index contributed by atoms with van der Waals surface area (Å²) in [5.41, 5.74) is 5.36. The smallest absolute Gasteiger partial charge is 0.457 e. The molecule has 0 saturated heterocycles. The molecule has 55 heavy (non-hydrogen) atoms. The first-order valence-electron chi connectivity index (χ1n) is 21.6. The van der Waals surface area contributed by atoms with Crippen LogP contribution in [0.2, 0.25) is 0 Å². The first kappa shape index (κ1) is 52.7. The zero-order chi connectivity index (χ0) is 40.2. The van der Waals surface area contributed by atoms with Gasteiger partial charge >= 0.3 is 13.8 Å². The molecule has 0 aromatic heterocycles. The Morgan fingerprint density at radius 3 is 1.55 bits per heavy atom. The monoisotopic (exact) mass is 790 g/mol. The van der Waals surface area contributed by atoms with Gasteiger partial charge in [-0.3, -0.25) is 13.8 Å². The highest BCUT2D eigenvalue weighted by Crippen LogP contribution is 2.43. The second-order valence-electron chi connectivity index (χ2n) is 13.8. The third kappa shape index (κ3) is 42.7. The largest absolute Gasteiger partial charge is 0.472 e. The number of esters is 1. The number of carbonyl (C=O) groups is 1. The first-order valence-corrected chi connectivity index (χ1v) is 23.1. The normalized spacial score (nSPS) is 14.3. The zero-order valence-corrected chi connectivity index (χ0v) is 35.8. The maximum absolute atomic E-state index is 12.6. The van der Waals surface area contributed by atoms with Crippen molar-refractivity contribution in [1.82, 2.24) is 0 Å². The van der Waals surface area contributed by atoms with Crippen LogP contribution in [0.1, 0.15) is 162 Å². The van der Waals surface area contributed by atoms with Crippen LogP contribution in [0.5, 0.6) is 0 Å². The van der Waals surface area contributed by atoms with Crippen molar-refractivity contribution in [2.45, 2.75) is 168 Å². The molecule has 0 heterocycles. The number of unbranched alkanes of at least 4 members (excludes halogenated alkanes) is 13. The Kier molecular flexibility index (Phi) is 41.0. The Bertz CT molecular complexity index is 1110. The molecule has 316 valence electrons. The van der Waals surface area contributed by atoms with E-state index in [0.29, 0.717) is 6.61 Å². The second kappa shape index (κ2) is 42.8. The molecule has 9 heteroatoms. The lowest BCUT2D eigenvalue weighted by atomic mass is 10.1. The fourth-order valence-corrected chi connectivity index (χ4v) is 6.17. The van der Waals surface area contributed by atoms with Crippen LogP contribution >= 0.6 is 7.82 Å². The maximum Gasteiger partial charge on any atom is 0.472 e. The van der Waals surface area contributed by atoms with E-state index in [1.807, 2.05) is 0 Å². The van der Waals surface area contributed by atoms with E-state index in [4.69, 9.17) is 24.3 Å². The van der Waals surface area contributed by atoms with Gasteiger partial charge < -0.3 is 20.1 Å². The van der Waals surface area contributed by atoms with Gasteiger partial charge in [0.05, 0.1) is 19.8 Å². The highest BCUT2D eigenvalue weighted by molar-refractivity contribution is 7.47. The average Bonchev–Trinajstić information content (AvgIpc) is 3.17. The van der Waals surface area contributed by atoms with Crippen molar-refractivity contribution in [3.05, 3.63) is 85.1 Å². The first-order chi connectivity index (χ1) is 26.9. The van der Waals surface area contributed by atoms with E-state index in [1.165, 1.54) is 57.8 Å². The van der Waals surface area contributed by atoms with Gasteiger partial charge in [-0.2, -0.15) is 0 Å². The number of hydrogen-bond acceptors (Lipinski definition) is 7. The summed E-state index contributed by atoms with van der Waals surface area (Å²) < 4.78 is 33.4. The van der Waals surface area contributed by atoms with Crippen LogP contribution in [-0.2, 0) is 27.9 Å². The lowest BCUT2D eigenvalue weighted by Gasteiger charge is -2.20. The molecule has 0 saturated carbocycles. The summed E-state index contributed by atoms with van der Waals surface area (Å²) in [6.07, 6.45) is 54.5. The summed E-state index contributed by atoms with van der Waals surface area (Å²) in [6, 6.07) is 0. The minimum atomic E-state index is -4.29. The fraction of sp³-hybridized carbons (Fsp3) is 0.674. The fourth-order valence-electron chi connectivity index (χ4n) is 5.40. The zero-order valence-electron chi connectivity index (χ0n) is 34.9. The van der Waals surface area contributed by atoms with E-state index >= 15 is 0 Å². The van der Waals surface area contributed by atoms with Gasteiger partial charge in [0.25, 0.3) is 0 Å². The van der Waals surface area contributed by atoms with Crippen LogP contribution in [-0.4, -0.2) is 49.9 Å². The van der Waals surface area contributed by atoms with Gasteiger partial charge in [-0.05, 0) is 89.9 Å². The quantitative estimate of drug-likeness (QED) is 0.0273. The SMILES string of the molecule is CC/C=C\C/C=C\C/C=C\C/C=C\C/C=C\C/C=C\CCCCCCC(=O)OC(COCCCCCCCC/C=C\CCCCC)COP(=O)(O)OCCN. The van der Waals surface area contributed by atoms with E-state index in [1.54, 1.807) is 0 Å². The van der Waals surface area contributed by atoms with Crippen LogP contribution in [0.15, 0.2) is 85.1 Å². The molecule has 8 nitrogen and oxygen atoms in total. The highest BCUT2D eigenvalue weighted by atomic mass is 31.2. The molecule has 0 aromatic carbocycles. The van der Waals surface area contributed by atoms with Crippen molar-refractivity contribution in [3.63, 3.8) is 0 Å². The molecular weight excluding hydrogens is 709 g/mol. The highest BCUT2D eigenvalue weighted by Gasteiger charge is 2.25. The van der Waals surface area contributed by atoms with E-state index in [0.717, 1.165) is 83.5 Å². The molecule has 0 aliphatic heterocycles. The molecule has 0 spiro atoms. The van der Waals surface area contributed by atoms with Gasteiger partial charge in [-0.25, -0.2) is 4.57 Å². The van der Waals surface area contributed by atoms with Gasteiger partial charge in [-0.15, -0.1) is 0 Å². The maximum atomic E-state index is 12.6. The molecule has 2 unspecified atom stereocenters. The van der Waals surface area contributed by atoms with Crippen LogP contribution in [0, 0.1) is 0 Å². The second-order valence-corrected chi connectivity index (χ2v) is 15.3. The van der Waals surface area contributed by atoms with Crippen molar-refractivity contribution in [2.75, 3.05) is 33.0 Å². The molecule has 3 N–H and O–H groups in total. The number of ether oxygens (including phenoxy) is 2. The van der Waals surface area contributed by atoms with Crippen molar-refractivity contribution >= 4 is 13.8 Å². The summed E-state index contributed by atoms with van der Waals surface area (Å²) in [6.45, 7) is 4.71. The van der Waals surface area contributed by atoms with Gasteiger partial charge in [0.1, 0.15) is 6.10 Å². The number of allylic oxidation sites excluding steroid dienone is 14. The van der Waals surface area contributed by atoms with Crippen LogP contribution in [0.25, 0.3) is 0 Å². The Labute approximate surface area is 337 Å². The Hall–Kier alpha value is -2.32. The van der Waals surface area contributed by atoms with E-state index < -0.39 is 13.9 Å². The van der Waals surface area contributed by atoms with Crippen molar-refractivity contribution < 1.29 is 32.8 Å². The van der Waals surface area contributed by atoms with Crippen molar-refractivity contribution in [3.8, 4) is 0 Å². The van der Waals surface area contributed by atoms with Crippen LogP contribution in [0.3, 0.4) is 0 Å². The lowest BCUT2D eigenvalue weighted by Crippen LogP contribution is -2.28. The Morgan fingerprint density at radius 1 is 0.564 bits per heavy atom. The summed E-state index contributed by atoms with van der Waals surface area (Å²) in [5, 5.41) is 0. The number of phosphoric ester groups is 1. The van der Waals surface area contributed by atoms with Crippen molar-refractivity contribution in [2.24, 2.45) is 5.73 Å². The summed E-state index contributed by atoms with van der Waals surface area (Å²) in [7, 11) is -4.29. The summed E-state index contributed by atoms with van der Waals surface area (Å²) >= 11 is 0. The van der Waals surface area contributed by atoms with Crippen LogP contribution in [0.4, 0.5) is 0 Å². The van der Waals surface area contributed by atoms with Crippen molar-refractivity contribution in [1.29, 1.82) is 0 Å². The molecule has 0 radical (unpaired) electrons. The van der Waals surface area contributed by atoms with Crippen LogP contribution < -0.4 is 5.73 Å². The van der Waals surface area contributed by atoms with E-state index in [-0.39, 0.29) is 38.8 Å². The topological polar surface area (TPSA) is 117 Å². The molecule has 0 fully saturated rings. The molecular formula is C46H80NO7P. The van der Waals surface area contributed by atoms with Gasteiger partial charge in [-0.1, -0.05) is 150 Å². The third-order valence-corrected chi connectivity index (χ3v) is 9.53. The average molecular weight is 790 g/mol. The number of carbonyl (C=O) groups excluding carboxylic acids is 1. The summed E-state index contributed by atoms with van der Waals surface area (Å²) in [4.78, 5) is 22.5. The number of hydrogen-bond donors (Lipinski definition) is 2. The molecule has 0 rings (SSSR count). The van der Waals surface area contributed by atoms with E-state index in [9.17, 15) is 14.3 Å². The minimum Gasteiger partial charge on any atom is -0.457 e. The van der Waals surface area contributed by atoms with Gasteiger partial charge in [0.15, 0.2) is 0 Å². The molecule has 0 aromatic rings. The van der Waals surface area contributed by atoms with Gasteiger partial charge in [0, 0.05) is 19.6 Å². The number of nitrogens with two attached hydrogens (primary N) is 1. The molecule has 0 amide bonds. The predicted octanol–water partition coefficient (Wildman–Crippen LogP) is 12.9. The van der Waals surface area contributed by atoms with E-state index in [2.05, 4.69) is 98.9 Å². The number of phosphoric acid groups is 1. The Morgan fingerprint density at radius 2 is 1.02 bits per heavy atom. The molecule has 0 aliphatic carbocycles. The lowest BCUT2D eigenvalue weighted by molar-refractivity contribution is -0.154. The molecule has 0 bridgehead atoms. The van der Waals surface area contributed by atoms with Gasteiger partial charge in [0.2, 0.25) is 0 Å². The third-order valence-electron chi connectivity index (χ3n) is 8.55. The summed E-state index contributed by atoms with van der Waals surface area (Å²) in [5.74, 6) is -0.361. The molecule has 0 aliphatic rings. The minimum absolute atomic E-state index is 0.0903. The predicted molar refractivity (Wildman–Crippen MR) is 233 cm³/mol.